The molecule has 1 heterocycles. The molecule has 0 aliphatic rings. The minimum Gasteiger partial charge on any atom is -0.481 e. The molecule has 6 nitrogen and oxygen atoms in total. The molecule has 27 heavy (non-hydrogen) atoms. The molecule has 1 aromatic heterocycles. The Morgan fingerprint density at radius 3 is 2.52 bits per heavy atom. The van der Waals surface area contributed by atoms with Gasteiger partial charge in [-0.15, -0.1) is 10.2 Å². The van der Waals surface area contributed by atoms with E-state index in [4.69, 9.17) is 9.15 Å². The second kappa shape index (κ2) is 8.68. The maximum atomic E-state index is 12.9. The SMILES string of the molecule is C[C@@H](Sc1nnc([C@@H](C)Oc2ccc(F)cc2)o1)C(=O)Nc1ccccc1. The molecule has 0 saturated carbocycles. The summed E-state index contributed by atoms with van der Waals surface area (Å²) in [6.07, 6.45) is -0.509. The normalized spacial score (nSPS) is 13.0. The zero-order valence-corrected chi connectivity index (χ0v) is 15.6. The molecule has 2 atom stereocenters. The van der Waals surface area contributed by atoms with Gasteiger partial charge in [0, 0.05) is 5.69 Å². The Hall–Kier alpha value is -2.87. The lowest BCUT2D eigenvalue weighted by Gasteiger charge is -2.11. The Morgan fingerprint density at radius 1 is 1.11 bits per heavy atom. The highest BCUT2D eigenvalue weighted by molar-refractivity contribution is 8.00. The monoisotopic (exact) mass is 387 g/mol. The Morgan fingerprint density at radius 2 is 1.81 bits per heavy atom. The largest absolute Gasteiger partial charge is 0.481 e. The third-order valence-corrected chi connectivity index (χ3v) is 4.52. The number of carbonyl (C=O) groups is 1. The van der Waals surface area contributed by atoms with Crippen LogP contribution in [0.2, 0.25) is 0 Å². The fourth-order valence-corrected chi connectivity index (χ4v) is 2.86. The highest BCUT2D eigenvalue weighted by atomic mass is 32.2. The standard InChI is InChI=1S/C19H18FN3O3S/c1-12(25-16-10-8-14(20)9-11-16)18-22-23-19(26-18)27-13(2)17(24)21-15-6-4-3-5-7-15/h3-13H,1-2H3,(H,21,24)/t12-,13-/m1/s1. The number of aromatic nitrogens is 2. The van der Waals surface area contributed by atoms with E-state index >= 15 is 0 Å². The minimum absolute atomic E-state index is 0.165. The summed E-state index contributed by atoms with van der Waals surface area (Å²) in [5, 5.41) is 10.6. The highest BCUT2D eigenvalue weighted by Crippen LogP contribution is 2.27. The minimum atomic E-state index is -0.509. The Kier molecular flexibility index (Phi) is 6.08. The summed E-state index contributed by atoms with van der Waals surface area (Å²) in [6.45, 7) is 3.50. The maximum Gasteiger partial charge on any atom is 0.277 e. The molecule has 1 amide bonds. The van der Waals surface area contributed by atoms with Crippen molar-refractivity contribution in [2.75, 3.05) is 5.32 Å². The molecular weight excluding hydrogens is 369 g/mol. The number of carbonyl (C=O) groups excluding carboxylic acids is 1. The summed E-state index contributed by atoms with van der Waals surface area (Å²) in [6, 6.07) is 14.9. The van der Waals surface area contributed by atoms with Crippen molar-refractivity contribution >= 4 is 23.4 Å². The Bertz CT molecular complexity index is 887. The molecule has 0 aliphatic heterocycles. The van der Waals surface area contributed by atoms with Gasteiger partial charge in [0.2, 0.25) is 5.91 Å². The van der Waals surface area contributed by atoms with Gasteiger partial charge in [0.1, 0.15) is 11.6 Å². The van der Waals surface area contributed by atoms with Gasteiger partial charge in [-0.25, -0.2) is 4.39 Å². The molecule has 0 saturated heterocycles. The molecule has 140 valence electrons. The maximum absolute atomic E-state index is 12.9. The number of ether oxygens (including phenoxy) is 1. The molecule has 2 aromatic carbocycles. The van der Waals surface area contributed by atoms with Crippen molar-refractivity contribution in [1.29, 1.82) is 0 Å². The van der Waals surface area contributed by atoms with E-state index in [0.29, 0.717) is 5.75 Å². The van der Waals surface area contributed by atoms with Crippen LogP contribution in [0, 0.1) is 5.82 Å². The number of thioether (sulfide) groups is 1. The summed E-state index contributed by atoms with van der Waals surface area (Å²) in [7, 11) is 0. The fraction of sp³-hybridized carbons (Fsp3) is 0.211. The molecule has 0 unspecified atom stereocenters. The topological polar surface area (TPSA) is 77.2 Å². The average Bonchev–Trinajstić information content (AvgIpc) is 3.13. The van der Waals surface area contributed by atoms with Crippen molar-refractivity contribution in [3.8, 4) is 5.75 Å². The molecule has 0 aliphatic carbocycles. The lowest BCUT2D eigenvalue weighted by molar-refractivity contribution is -0.115. The second-order valence-corrected chi connectivity index (χ2v) is 7.03. The van der Waals surface area contributed by atoms with Crippen LogP contribution in [0.1, 0.15) is 25.8 Å². The number of benzene rings is 2. The molecule has 0 bridgehead atoms. The van der Waals surface area contributed by atoms with Crippen molar-refractivity contribution in [1.82, 2.24) is 10.2 Å². The first-order valence-electron chi connectivity index (χ1n) is 8.29. The first kappa shape index (κ1) is 18.9. The number of nitrogens with one attached hydrogen (secondary N) is 1. The quantitative estimate of drug-likeness (QED) is 0.603. The van der Waals surface area contributed by atoms with Crippen molar-refractivity contribution in [2.45, 2.75) is 30.4 Å². The predicted molar refractivity (Wildman–Crippen MR) is 100 cm³/mol. The lowest BCUT2D eigenvalue weighted by atomic mass is 10.3. The number of nitrogens with zero attached hydrogens (tertiary/aromatic N) is 2. The summed E-state index contributed by atoms with van der Waals surface area (Å²) in [5.41, 5.74) is 0.725. The molecule has 8 heteroatoms. The van der Waals surface area contributed by atoms with Crippen LogP contribution in [0.15, 0.2) is 64.2 Å². The van der Waals surface area contributed by atoms with Gasteiger partial charge in [-0.05, 0) is 50.2 Å². The van der Waals surface area contributed by atoms with Crippen molar-refractivity contribution < 1.29 is 18.3 Å². The molecular formula is C19H18FN3O3S. The summed E-state index contributed by atoms with van der Waals surface area (Å²) >= 11 is 1.16. The number of para-hydroxylation sites is 1. The molecule has 3 aromatic rings. The molecule has 3 rings (SSSR count). The summed E-state index contributed by atoms with van der Waals surface area (Å²) in [5.74, 6) is 0.264. The number of halogens is 1. The number of anilines is 1. The van der Waals surface area contributed by atoms with Crippen LogP contribution in [-0.4, -0.2) is 21.4 Å². The fourth-order valence-electron chi connectivity index (χ4n) is 2.17. The van der Waals surface area contributed by atoms with Crippen LogP contribution in [0.4, 0.5) is 10.1 Å². The van der Waals surface area contributed by atoms with Crippen LogP contribution in [0.3, 0.4) is 0 Å². The Balaban J connectivity index is 1.56. The van der Waals surface area contributed by atoms with Crippen LogP contribution >= 0.6 is 11.8 Å². The van der Waals surface area contributed by atoms with Gasteiger partial charge in [0.25, 0.3) is 11.1 Å². The average molecular weight is 387 g/mol. The van der Waals surface area contributed by atoms with Crippen LogP contribution in [-0.2, 0) is 4.79 Å². The number of amides is 1. The number of hydrogen-bond donors (Lipinski definition) is 1. The summed E-state index contributed by atoms with van der Waals surface area (Å²) in [4.78, 5) is 12.2. The third kappa shape index (κ3) is 5.30. The van der Waals surface area contributed by atoms with Crippen molar-refractivity contribution in [3.63, 3.8) is 0 Å². The lowest BCUT2D eigenvalue weighted by Crippen LogP contribution is -2.22. The van der Waals surface area contributed by atoms with E-state index in [0.717, 1.165) is 17.4 Å². The molecule has 0 fully saturated rings. The van der Waals surface area contributed by atoms with Crippen LogP contribution in [0.25, 0.3) is 0 Å². The van der Waals surface area contributed by atoms with Gasteiger partial charge >= 0.3 is 0 Å². The van der Waals surface area contributed by atoms with Gasteiger partial charge in [-0.2, -0.15) is 0 Å². The van der Waals surface area contributed by atoms with Gasteiger partial charge < -0.3 is 14.5 Å². The number of hydrogen-bond acceptors (Lipinski definition) is 6. The zero-order chi connectivity index (χ0) is 19.2. The molecule has 0 radical (unpaired) electrons. The van der Waals surface area contributed by atoms with Gasteiger partial charge in [0.05, 0.1) is 5.25 Å². The van der Waals surface area contributed by atoms with Gasteiger partial charge in [0.15, 0.2) is 6.10 Å². The van der Waals surface area contributed by atoms with E-state index in [2.05, 4.69) is 15.5 Å². The van der Waals surface area contributed by atoms with Gasteiger partial charge in [-0.3, -0.25) is 4.79 Å². The predicted octanol–water partition coefficient (Wildman–Crippen LogP) is 4.47. The molecule has 0 spiro atoms. The van der Waals surface area contributed by atoms with E-state index < -0.39 is 11.4 Å². The third-order valence-electron chi connectivity index (χ3n) is 3.58. The van der Waals surface area contributed by atoms with Gasteiger partial charge in [-0.1, -0.05) is 30.0 Å². The van der Waals surface area contributed by atoms with E-state index in [1.807, 2.05) is 30.3 Å². The second-order valence-electron chi connectivity index (χ2n) is 5.74. The van der Waals surface area contributed by atoms with Crippen LogP contribution < -0.4 is 10.1 Å². The van der Waals surface area contributed by atoms with E-state index in [1.165, 1.54) is 24.3 Å². The Labute approximate surface area is 160 Å². The van der Waals surface area contributed by atoms with Crippen LogP contribution in [0.5, 0.6) is 5.75 Å². The first-order valence-corrected chi connectivity index (χ1v) is 9.17. The number of rotatable bonds is 7. The van der Waals surface area contributed by atoms with E-state index in [9.17, 15) is 9.18 Å². The van der Waals surface area contributed by atoms with E-state index in [1.54, 1.807) is 13.8 Å². The smallest absolute Gasteiger partial charge is 0.277 e. The van der Waals surface area contributed by atoms with Crippen molar-refractivity contribution in [3.05, 3.63) is 66.3 Å². The zero-order valence-electron chi connectivity index (χ0n) is 14.8. The highest BCUT2D eigenvalue weighted by Gasteiger charge is 2.21. The molecule has 1 N–H and O–H groups in total. The summed E-state index contributed by atoms with van der Waals surface area (Å²) < 4.78 is 24.2. The van der Waals surface area contributed by atoms with Crippen molar-refractivity contribution in [2.24, 2.45) is 0 Å². The van der Waals surface area contributed by atoms with E-state index in [-0.39, 0.29) is 22.8 Å². The first-order chi connectivity index (χ1) is 13.0.